The Bertz CT molecular complexity index is 599. The van der Waals surface area contributed by atoms with Crippen molar-refractivity contribution in [2.45, 2.75) is 6.54 Å². The summed E-state index contributed by atoms with van der Waals surface area (Å²) in [4.78, 5) is 15.5. The molecule has 1 heterocycles. The second kappa shape index (κ2) is 5.70. The van der Waals surface area contributed by atoms with Gasteiger partial charge in [0, 0.05) is 5.69 Å². The zero-order valence-corrected chi connectivity index (χ0v) is 11.7. The van der Waals surface area contributed by atoms with E-state index in [0.717, 1.165) is 4.47 Å². The van der Waals surface area contributed by atoms with Crippen LogP contribution in [0.2, 0.25) is 0 Å². The molecule has 0 atom stereocenters. The van der Waals surface area contributed by atoms with E-state index in [4.69, 9.17) is 10.5 Å². The van der Waals surface area contributed by atoms with Gasteiger partial charge in [-0.1, -0.05) is 0 Å². The quantitative estimate of drug-likeness (QED) is 0.882. The number of amides is 1. The number of nitrogens with zero attached hydrogens (tertiary/aromatic N) is 3. The van der Waals surface area contributed by atoms with Gasteiger partial charge in [0.05, 0.1) is 11.6 Å². The first kappa shape index (κ1) is 13.3. The molecule has 0 saturated carbocycles. The molecule has 0 bridgehead atoms. The molecular weight excluding hydrogens is 314 g/mol. The molecule has 0 spiro atoms. The summed E-state index contributed by atoms with van der Waals surface area (Å²) in [6.45, 7) is 0.0495. The predicted octanol–water partition coefficient (Wildman–Crippen LogP) is 1.27. The molecule has 0 aliphatic heterocycles. The summed E-state index contributed by atoms with van der Waals surface area (Å²) in [5.74, 6) is 0.615. The topological polar surface area (TPSA) is 95.1 Å². The number of hydrogen-bond acceptors (Lipinski definition) is 5. The zero-order chi connectivity index (χ0) is 13.8. The van der Waals surface area contributed by atoms with E-state index in [2.05, 4.69) is 31.3 Å². The molecule has 7 nitrogen and oxygen atoms in total. The van der Waals surface area contributed by atoms with E-state index in [1.807, 2.05) is 0 Å². The number of carbonyl (C=O) groups excluding carboxylic acids is 1. The first-order chi connectivity index (χ1) is 9.08. The molecule has 19 heavy (non-hydrogen) atoms. The standard InChI is InChI=1S/C11H12BrN5O2/c1-19-9-3-2-7(4-8(9)12)15-10(18)5-17-6-14-11(13)16-17/h2-4,6H,5H2,1H3,(H2,13,16)(H,15,18). The van der Waals surface area contributed by atoms with Crippen LogP contribution >= 0.6 is 15.9 Å². The molecule has 0 unspecified atom stereocenters. The third-order valence-corrected chi connectivity index (χ3v) is 2.92. The maximum absolute atomic E-state index is 11.8. The Balaban J connectivity index is 2.00. The van der Waals surface area contributed by atoms with Crippen molar-refractivity contribution in [2.24, 2.45) is 0 Å². The van der Waals surface area contributed by atoms with Gasteiger partial charge in [-0.05, 0) is 34.1 Å². The van der Waals surface area contributed by atoms with Crippen molar-refractivity contribution >= 4 is 33.5 Å². The Morgan fingerprint density at radius 3 is 2.95 bits per heavy atom. The Kier molecular flexibility index (Phi) is 4.00. The largest absolute Gasteiger partial charge is 0.496 e. The van der Waals surface area contributed by atoms with Crippen molar-refractivity contribution in [3.63, 3.8) is 0 Å². The number of anilines is 2. The summed E-state index contributed by atoms with van der Waals surface area (Å²) in [5, 5.41) is 6.57. The minimum absolute atomic E-state index is 0.0495. The zero-order valence-electron chi connectivity index (χ0n) is 10.1. The van der Waals surface area contributed by atoms with Gasteiger partial charge in [-0.15, -0.1) is 5.10 Å². The summed E-state index contributed by atoms with van der Waals surface area (Å²) in [6, 6.07) is 5.26. The number of nitrogen functional groups attached to an aromatic ring is 1. The van der Waals surface area contributed by atoms with Gasteiger partial charge in [-0.25, -0.2) is 9.67 Å². The number of benzene rings is 1. The van der Waals surface area contributed by atoms with Crippen molar-refractivity contribution < 1.29 is 9.53 Å². The highest BCUT2D eigenvalue weighted by atomic mass is 79.9. The monoisotopic (exact) mass is 325 g/mol. The second-order valence-electron chi connectivity index (χ2n) is 3.70. The fourth-order valence-electron chi connectivity index (χ4n) is 1.48. The highest BCUT2D eigenvalue weighted by Gasteiger charge is 2.07. The highest BCUT2D eigenvalue weighted by molar-refractivity contribution is 9.10. The van der Waals surface area contributed by atoms with E-state index in [1.165, 1.54) is 11.0 Å². The first-order valence-electron chi connectivity index (χ1n) is 5.37. The summed E-state index contributed by atoms with van der Waals surface area (Å²) in [5.41, 5.74) is 6.02. The lowest BCUT2D eigenvalue weighted by Gasteiger charge is -2.08. The fraction of sp³-hybridized carbons (Fsp3) is 0.182. The fourth-order valence-corrected chi connectivity index (χ4v) is 2.02. The predicted molar refractivity (Wildman–Crippen MR) is 73.8 cm³/mol. The molecule has 1 aromatic carbocycles. The third kappa shape index (κ3) is 3.44. The van der Waals surface area contributed by atoms with E-state index < -0.39 is 0 Å². The molecule has 0 fully saturated rings. The van der Waals surface area contributed by atoms with Gasteiger partial charge in [-0.3, -0.25) is 4.79 Å². The smallest absolute Gasteiger partial charge is 0.246 e. The number of aromatic nitrogens is 3. The molecule has 2 aromatic rings. The van der Waals surface area contributed by atoms with Crippen LogP contribution < -0.4 is 15.8 Å². The molecular formula is C11H12BrN5O2. The molecule has 0 radical (unpaired) electrons. The maximum Gasteiger partial charge on any atom is 0.246 e. The molecule has 8 heteroatoms. The molecule has 0 saturated heterocycles. The number of rotatable bonds is 4. The van der Waals surface area contributed by atoms with Gasteiger partial charge < -0.3 is 15.8 Å². The SMILES string of the molecule is COc1ccc(NC(=O)Cn2cnc(N)n2)cc1Br. The lowest BCUT2D eigenvalue weighted by molar-refractivity contribution is -0.116. The number of nitrogens with one attached hydrogen (secondary N) is 1. The first-order valence-corrected chi connectivity index (χ1v) is 6.16. The van der Waals surface area contributed by atoms with Crippen molar-refractivity contribution in [1.29, 1.82) is 0 Å². The number of hydrogen-bond donors (Lipinski definition) is 2. The summed E-state index contributed by atoms with van der Waals surface area (Å²) >= 11 is 3.35. The lowest BCUT2D eigenvalue weighted by atomic mass is 10.3. The number of carbonyl (C=O) groups is 1. The average Bonchev–Trinajstić information content (AvgIpc) is 2.74. The minimum atomic E-state index is -0.220. The Morgan fingerprint density at radius 1 is 1.58 bits per heavy atom. The van der Waals surface area contributed by atoms with Crippen LogP contribution in [-0.2, 0) is 11.3 Å². The van der Waals surface area contributed by atoms with Gasteiger partial charge in [0.15, 0.2) is 0 Å². The van der Waals surface area contributed by atoms with Crippen LogP contribution in [0.1, 0.15) is 0 Å². The highest BCUT2D eigenvalue weighted by Crippen LogP contribution is 2.27. The van der Waals surface area contributed by atoms with Crippen LogP contribution in [-0.4, -0.2) is 27.8 Å². The van der Waals surface area contributed by atoms with Crippen LogP contribution in [0.4, 0.5) is 11.6 Å². The third-order valence-electron chi connectivity index (χ3n) is 2.30. The van der Waals surface area contributed by atoms with Crippen LogP contribution in [0.25, 0.3) is 0 Å². The van der Waals surface area contributed by atoms with Crippen LogP contribution in [0.5, 0.6) is 5.75 Å². The second-order valence-corrected chi connectivity index (χ2v) is 4.55. The van der Waals surface area contributed by atoms with Crippen LogP contribution in [0, 0.1) is 0 Å². The number of halogens is 1. The van der Waals surface area contributed by atoms with Gasteiger partial charge in [-0.2, -0.15) is 0 Å². The van der Waals surface area contributed by atoms with E-state index in [1.54, 1.807) is 25.3 Å². The Morgan fingerprint density at radius 2 is 2.37 bits per heavy atom. The van der Waals surface area contributed by atoms with E-state index >= 15 is 0 Å². The Hall–Kier alpha value is -2.09. The summed E-state index contributed by atoms with van der Waals surface area (Å²) in [7, 11) is 1.58. The molecule has 0 aliphatic carbocycles. The maximum atomic E-state index is 11.8. The van der Waals surface area contributed by atoms with Gasteiger partial charge in [0.1, 0.15) is 18.6 Å². The van der Waals surface area contributed by atoms with Gasteiger partial charge in [0.2, 0.25) is 11.9 Å². The van der Waals surface area contributed by atoms with E-state index in [-0.39, 0.29) is 18.4 Å². The minimum Gasteiger partial charge on any atom is -0.496 e. The van der Waals surface area contributed by atoms with Crippen molar-refractivity contribution in [3.05, 3.63) is 29.0 Å². The lowest BCUT2D eigenvalue weighted by Crippen LogP contribution is -2.19. The van der Waals surface area contributed by atoms with Crippen molar-refractivity contribution in [3.8, 4) is 5.75 Å². The van der Waals surface area contributed by atoms with Crippen LogP contribution in [0.15, 0.2) is 29.0 Å². The van der Waals surface area contributed by atoms with Crippen molar-refractivity contribution in [1.82, 2.24) is 14.8 Å². The van der Waals surface area contributed by atoms with Gasteiger partial charge >= 0.3 is 0 Å². The normalized spacial score (nSPS) is 10.2. The molecule has 1 amide bonds. The van der Waals surface area contributed by atoms with Gasteiger partial charge in [0.25, 0.3) is 0 Å². The van der Waals surface area contributed by atoms with Crippen molar-refractivity contribution in [2.75, 3.05) is 18.2 Å². The van der Waals surface area contributed by atoms with E-state index in [9.17, 15) is 4.79 Å². The average molecular weight is 326 g/mol. The van der Waals surface area contributed by atoms with Crippen LogP contribution in [0.3, 0.4) is 0 Å². The number of nitrogens with two attached hydrogens (primary N) is 1. The van der Waals surface area contributed by atoms with E-state index in [0.29, 0.717) is 11.4 Å². The number of methoxy groups -OCH3 is 1. The molecule has 1 aromatic heterocycles. The molecule has 100 valence electrons. The number of ether oxygens (including phenoxy) is 1. The molecule has 3 N–H and O–H groups in total. The Labute approximate surface area is 117 Å². The molecule has 2 rings (SSSR count). The molecule has 0 aliphatic rings. The summed E-state index contributed by atoms with van der Waals surface area (Å²) < 4.78 is 7.23. The summed E-state index contributed by atoms with van der Waals surface area (Å²) in [6.07, 6.45) is 1.40.